The predicted octanol–water partition coefficient (Wildman–Crippen LogP) is 1.78. The SMILES string of the molecule is COc1ccc(C[NH+](CCNC(=O)CCCCC(=O)NCC[NH+](Cc2ccc(OC)cc2)C(C)C)C(C)C)cc1. The second-order valence-electron chi connectivity index (χ2n) is 11.1. The first-order valence-corrected chi connectivity index (χ1v) is 14.7. The van der Waals surface area contributed by atoms with Crippen LogP contribution in [0.2, 0.25) is 0 Å². The van der Waals surface area contributed by atoms with Crippen LogP contribution in [0.3, 0.4) is 0 Å². The van der Waals surface area contributed by atoms with Gasteiger partial charge >= 0.3 is 0 Å². The van der Waals surface area contributed by atoms with Gasteiger partial charge in [-0.25, -0.2) is 0 Å². The molecular formula is C32H52N4O4+2. The third-order valence-electron chi connectivity index (χ3n) is 7.41. The number of rotatable bonds is 19. The fourth-order valence-electron chi connectivity index (χ4n) is 4.65. The summed E-state index contributed by atoms with van der Waals surface area (Å²) in [5.74, 6) is 1.84. The zero-order valence-electron chi connectivity index (χ0n) is 25.5. The Labute approximate surface area is 241 Å². The number of nitrogens with one attached hydrogen (secondary N) is 4. The predicted molar refractivity (Wildman–Crippen MR) is 160 cm³/mol. The zero-order chi connectivity index (χ0) is 29.3. The summed E-state index contributed by atoms with van der Waals surface area (Å²) < 4.78 is 10.5. The Bertz CT molecular complexity index is 911. The van der Waals surface area contributed by atoms with Gasteiger partial charge in [0.15, 0.2) is 0 Å². The van der Waals surface area contributed by atoms with Gasteiger partial charge in [-0.3, -0.25) is 9.59 Å². The van der Waals surface area contributed by atoms with Crippen LogP contribution in [0.15, 0.2) is 48.5 Å². The van der Waals surface area contributed by atoms with E-state index in [0.717, 1.165) is 37.7 Å². The largest absolute Gasteiger partial charge is 0.497 e. The summed E-state index contributed by atoms with van der Waals surface area (Å²) in [6, 6.07) is 17.2. The van der Waals surface area contributed by atoms with E-state index in [0.29, 0.717) is 50.9 Å². The highest BCUT2D eigenvalue weighted by atomic mass is 16.5. The maximum Gasteiger partial charge on any atom is 0.220 e. The molecule has 8 nitrogen and oxygen atoms in total. The van der Waals surface area contributed by atoms with Crippen molar-refractivity contribution in [1.29, 1.82) is 0 Å². The molecule has 4 N–H and O–H groups in total. The van der Waals surface area contributed by atoms with Crippen molar-refractivity contribution in [3.8, 4) is 11.5 Å². The van der Waals surface area contributed by atoms with Crippen molar-refractivity contribution in [3.05, 3.63) is 59.7 Å². The molecule has 40 heavy (non-hydrogen) atoms. The number of ether oxygens (including phenoxy) is 2. The van der Waals surface area contributed by atoms with E-state index in [1.165, 1.54) is 20.9 Å². The van der Waals surface area contributed by atoms with Crippen LogP contribution in [0.1, 0.15) is 64.5 Å². The molecule has 0 heterocycles. The van der Waals surface area contributed by atoms with Crippen LogP contribution < -0.4 is 29.9 Å². The molecule has 0 aliphatic rings. The second-order valence-corrected chi connectivity index (χ2v) is 11.1. The van der Waals surface area contributed by atoms with Gasteiger partial charge in [-0.1, -0.05) is 0 Å². The molecule has 2 amide bonds. The molecule has 222 valence electrons. The molecule has 0 spiro atoms. The lowest BCUT2D eigenvalue weighted by Gasteiger charge is -2.24. The van der Waals surface area contributed by atoms with Crippen molar-refractivity contribution in [2.75, 3.05) is 40.4 Å². The summed E-state index contributed by atoms with van der Waals surface area (Å²) in [5, 5.41) is 6.11. The Kier molecular flexibility index (Phi) is 15.1. The van der Waals surface area contributed by atoms with Crippen LogP contribution in [-0.4, -0.2) is 64.3 Å². The van der Waals surface area contributed by atoms with Gasteiger partial charge in [0, 0.05) is 24.0 Å². The van der Waals surface area contributed by atoms with E-state index >= 15 is 0 Å². The van der Waals surface area contributed by atoms with Gasteiger partial charge in [-0.2, -0.15) is 0 Å². The number of quaternary nitrogens is 2. The van der Waals surface area contributed by atoms with Crippen LogP contribution in [-0.2, 0) is 22.7 Å². The molecule has 0 bridgehead atoms. The summed E-state index contributed by atoms with van der Waals surface area (Å²) >= 11 is 0. The molecule has 0 saturated heterocycles. The van der Waals surface area contributed by atoms with Crippen molar-refractivity contribution in [2.24, 2.45) is 0 Å². The van der Waals surface area contributed by atoms with Crippen molar-refractivity contribution in [3.63, 3.8) is 0 Å². The molecule has 2 unspecified atom stereocenters. The molecule has 0 aliphatic carbocycles. The number of carbonyl (C=O) groups excluding carboxylic acids is 2. The fraction of sp³-hybridized carbons (Fsp3) is 0.562. The lowest BCUT2D eigenvalue weighted by Crippen LogP contribution is -3.14. The van der Waals surface area contributed by atoms with Crippen molar-refractivity contribution in [1.82, 2.24) is 10.6 Å². The average Bonchev–Trinajstić information content (AvgIpc) is 2.94. The van der Waals surface area contributed by atoms with Gasteiger partial charge in [0.05, 0.1) is 52.5 Å². The average molecular weight is 557 g/mol. The van der Waals surface area contributed by atoms with E-state index in [-0.39, 0.29) is 11.8 Å². The fourth-order valence-corrected chi connectivity index (χ4v) is 4.65. The Morgan fingerprint density at radius 1 is 0.650 bits per heavy atom. The van der Waals surface area contributed by atoms with E-state index in [4.69, 9.17) is 9.47 Å². The molecule has 2 aromatic carbocycles. The summed E-state index contributed by atoms with van der Waals surface area (Å²) in [4.78, 5) is 27.5. The number of unbranched alkanes of at least 4 members (excludes halogenated alkanes) is 1. The normalized spacial score (nSPS) is 12.7. The minimum atomic E-state index is 0.0580. The quantitative estimate of drug-likeness (QED) is 0.199. The highest BCUT2D eigenvalue weighted by Gasteiger charge is 2.16. The van der Waals surface area contributed by atoms with Crippen LogP contribution in [0.5, 0.6) is 11.5 Å². The Balaban J connectivity index is 1.59. The van der Waals surface area contributed by atoms with Gasteiger partial charge in [0.25, 0.3) is 0 Å². The van der Waals surface area contributed by atoms with Gasteiger partial charge in [-0.15, -0.1) is 0 Å². The smallest absolute Gasteiger partial charge is 0.220 e. The summed E-state index contributed by atoms with van der Waals surface area (Å²) in [6.07, 6.45) is 2.34. The van der Waals surface area contributed by atoms with E-state index in [2.05, 4.69) is 62.6 Å². The number of amides is 2. The topological polar surface area (TPSA) is 85.5 Å². The van der Waals surface area contributed by atoms with E-state index in [1.807, 2.05) is 24.3 Å². The summed E-state index contributed by atoms with van der Waals surface area (Å²) in [6.45, 7) is 13.7. The lowest BCUT2D eigenvalue weighted by atomic mass is 10.1. The highest BCUT2D eigenvalue weighted by Crippen LogP contribution is 2.11. The number of carbonyl (C=O) groups is 2. The third-order valence-corrected chi connectivity index (χ3v) is 7.41. The Morgan fingerprint density at radius 2 is 1.00 bits per heavy atom. The Morgan fingerprint density at radius 3 is 1.30 bits per heavy atom. The molecule has 8 heteroatoms. The third kappa shape index (κ3) is 12.8. The summed E-state index contributed by atoms with van der Waals surface area (Å²) in [5.41, 5.74) is 2.51. The molecule has 2 atom stereocenters. The van der Waals surface area contributed by atoms with E-state index in [1.54, 1.807) is 14.2 Å². The molecule has 0 fully saturated rings. The minimum Gasteiger partial charge on any atom is -0.497 e. The molecule has 2 aromatic rings. The van der Waals surface area contributed by atoms with Crippen LogP contribution in [0, 0.1) is 0 Å². The number of hydrogen-bond donors (Lipinski definition) is 4. The maximum atomic E-state index is 12.3. The number of benzene rings is 2. The first-order valence-electron chi connectivity index (χ1n) is 14.7. The van der Waals surface area contributed by atoms with Gasteiger partial charge < -0.3 is 29.9 Å². The summed E-state index contributed by atoms with van der Waals surface area (Å²) in [7, 11) is 3.35. The van der Waals surface area contributed by atoms with Crippen molar-refractivity contribution < 1.29 is 28.9 Å². The number of methoxy groups -OCH3 is 2. The molecule has 0 saturated carbocycles. The second kappa shape index (κ2) is 18.3. The van der Waals surface area contributed by atoms with Crippen molar-refractivity contribution >= 4 is 11.8 Å². The number of hydrogen-bond acceptors (Lipinski definition) is 4. The molecule has 0 aliphatic heterocycles. The lowest BCUT2D eigenvalue weighted by molar-refractivity contribution is -0.933. The van der Waals surface area contributed by atoms with Crippen LogP contribution in [0.4, 0.5) is 0 Å². The van der Waals surface area contributed by atoms with Crippen molar-refractivity contribution in [2.45, 2.75) is 78.6 Å². The molecule has 0 radical (unpaired) electrons. The molecular weight excluding hydrogens is 504 g/mol. The van der Waals surface area contributed by atoms with Gasteiger partial charge in [-0.05, 0) is 89.1 Å². The minimum absolute atomic E-state index is 0.0580. The van der Waals surface area contributed by atoms with Gasteiger partial charge in [0.1, 0.15) is 24.6 Å². The van der Waals surface area contributed by atoms with Crippen LogP contribution >= 0.6 is 0 Å². The molecule has 0 aromatic heterocycles. The van der Waals surface area contributed by atoms with Crippen LogP contribution in [0.25, 0.3) is 0 Å². The Hall–Kier alpha value is -3.10. The van der Waals surface area contributed by atoms with Gasteiger partial charge in [0.2, 0.25) is 11.8 Å². The monoisotopic (exact) mass is 556 g/mol. The molecule has 2 rings (SSSR count). The first kappa shape index (κ1) is 33.1. The standard InChI is InChI=1S/C32H50N4O4/c1-25(2)35(23-27-11-15-29(39-5)16-12-27)21-19-33-31(37)9-7-8-10-32(38)34-20-22-36(26(3)4)24-28-13-17-30(40-6)18-14-28/h11-18,25-26H,7-10,19-24H2,1-6H3,(H,33,37)(H,34,38)/p+2. The maximum absolute atomic E-state index is 12.3. The first-order chi connectivity index (χ1) is 19.2. The van der Waals surface area contributed by atoms with E-state index in [9.17, 15) is 9.59 Å². The van der Waals surface area contributed by atoms with E-state index < -0.39 is 0 Å². The highest BCUT2D eigenvalue weighted by molar-refractivity contribution is 5.77. The zero-order valence-corrected chi connectivity index (χ0v) is 25.5.